The van der Waals surface area contributed by atoms with Gasteiger partial charge in [-0.1, -0.05) is 12.8 Å². The molecule has 4 heteroatoms. The number of amides is 1. The van der Waals surface area contributed by atoms with Crippen molar-refractivity contribution in [3.8, 4) is 0 Å². The van der Waals surface area contributed by atoms with Crippen LogP contribution in [0.1, 0.15) is 51.9 Å². The van der Waals surface area contributed by atoms with Crippen molar-refractivity contribution in [1.82, 2.24) is 10.6 Å². The predicted octanol–water partition coefficient (Wildman–Crippen LogP) is 1.59. The molecule has 19 heavy (non-hydrogen) atoms. The zero-order valence-corrected chi connectivity index (χ0v) is 11.9. The highest BCUT2D eigenvalue weighted by Gasteiger charge is 2.40. The van der Waals surface area contributed by atoms with Crippen molar-refractivity contribution in [1.29, 1.82) is 0 Å². The summed E-state index contributed by atoms with van der Waals surface area (Å²) in [4.78, 5) is 12.4. The first-order valence-electron chi connectivity index (χ1n) is 7.82. The van der Waals surface area contributed by atoms with Crippen molar-refractivity contribution in [3.63, 3.8) is 0 Å². The first-order valence-corrected chi connectivity index (χ1v) is 7.82. The van der Waals surface area contributed by atoms with Crippen LogP contribution in [0, 0.1) is 5.92 Å². The fourth-order valence-electron chi connectivity index (χ4n) is 3.94. The fraction of sp³-hybridized carbons (Fsp3) is 0.933. The zero-order chi connectivity index (χ0) is 13.3. The number of hydrogen-bond donors (Lipinski definition) is 2. The number of fused-ring (bicyclic) bond motifs is 1. The highest BCUT2D eigenvalue weighted by atomic mass is 16.5. The van der Waals surface area contributed by atoms with Crippen LogP contribution in [0.4, 0.5) is 0 Å². The Morgan fingerprint density at radius 3 is 2.89 bits per heavy atom. The molecule has 1 saturated carbocycles. The summed E-state index contributed by atoms with van der Waals surface area (Å²) in [7, 11) is 0. The van der Waals surface area contributed by atoms with E-state index in [-0.39, 0.29) is 17.5 Å². The molecule has 1 aliphatic carbocycles. The van der Waals surface area contributed by atoms with Crippen LogP contribution in [-0.4, -0.2) is 36.7 Å². The Balaban J connectivity index is 1.56. The van der Waals surface area contributed by atoms with Gasteiger partial charge in [0.1, 0.15) is 0 Å². The lowest BCUT2D eigenvalue weighted by atomic mass is 9.85. The Bertz CT molecular complexity index is 325. The minimum absolute atomic E-state index is 0.0202. The molecule has 0 aromatic heterocycles. The zero-order valence-electron chi connectivity index (χ0n) is 11.9. The minimum atomic E-state index is -0.162. The fourth-order valence-corrected chi connectivity index (χ4v) is 3.94. The monoisotopic (exact) mass is 266 g/mol. The highest BCUT2D eigenvalue weighted by Crippen LogP contribution is 2.33. The van der Waals surface area contributed by atoms with E-state index in [1.165, 1.54) is 25.7 Å². The third-order valence-corrected chi connectivity index (χ3v) is 5.04. The Labute approximate surface area is 115 Å². The summed E-state index contributed by atoms with van der Waals surface area (Å²) in [5.41, 5.74) is -0.162. The first-order chi connectivity index (χ1) is 9.16. The topological polar surface area (TPSA) is 50.4 Å². The molecule has 0 radical (unpaired) electrons. The number of nitrogens with one attached hydrogen (secondary N) is 2. The summed E-state index contributed by atoms with van der Waals surface area (Å²) in [5, 5.41) is 6.77. The molecule has 0 spiro atoms. The van der Waals surface area contributed by atoms with Gasteiger partial charge in [-0.05, 0) is 44.9 Å². The van der Waals surface area contributed by atoms with Crippen LogP contribution < -0.4 is 10.6 Å². The molecular formula is C15H26N2O2. The van der Waals surface area contributed by atoms with E-state index in [0.29, 0.717) is 12.6 Å². The van der Waals surface area contributed by atoms with Crippen LogP contribution in [-0.2, 0) is 9.53 Å². The highest BCUT2D eigenvalue weighted by molar-refractivity contribution is 5.83. The van der Waals surface area contributed by atoms with Gasteiger partial charge in [0.2, 0.25) is 5.91 Å². The Morgan fingerprint density at radius 2 is 2.16 bits per heavy atom. The van der Waals surface area contributed by atoms with E-state index in [1.807, 2.05) is 0 Å². The molecule has 3 fully saturated rings. The van der Waals surface area contributed by atoms with Crippen molar-refractivity contribution in [2.75, 3.05) is 13.2 Å². The normalized spacial score (nSPS) is 42.7. The second-order valence-electron chi connectivity index (χ2n) is 6.81. The van der Waals surface area contributed by atoms with Crippen LogP contribution in [0.25, 0.3) is 0 Å². The van der Waals surface area contributed by atoms with Gasteiger partial charge in [0, 0.05) is 12.6 Å². The van der Waals surface area contributed by atoms with Crippen LogP contribution in [0.5, 0.6) is 0 Å². The summed E-state index contributed by atoms with van der Waals surface area (Å²) in [5.74, 6) is 0.905. The van der Waals surface area contributed by atoms with E-state index < -0.39 is 0 Å². The number of rotatable bonds is 2. The molecule has 4 nitrogen and oxygen atoms in total. The molecule has 2 heterocycles. The van der Waals surface area contributed by atoms with Crippen molar-refractivity contribution in [3.05, 3.63) is 0 Å². The largest absolute Gasteiger partial charge is 0.379 e. The van der Waals surface area contributed by atoms with Crippen LogP contribution in [0.3, 0.4) is 0 Å². The maximum absolute atomic E-state index is 12.4. The number of ether oxygens (including phenoxy) is 1. The third kappa shape index (κ3) is 2.95. The molecular weight excluding hydrogens is 240 g/mol. The molecule has 0 bridgehead atoms. The molecule has 108 valence electrons. The van der Waals surface area contributed by atoms with Gasteiger partial charge in [-0.2, -0.15) is 0 Å². The van der Waals surface area contributed by atoms with Gasteiger partial charge in [-0.15, -0.1) is 0 Å². The molecule has 2 N–H and O–H groups in total. The second-order valence-corrected chi connectivity index (χ2v) is 6.81. The average molecular weight is 266 g/mol. The van der Waals surface area contributed by atoms with E-state index in [1.54, 1.807) is 0 Å². The standard InChI is InChI=1S/C15H26N2O2/c1-15(7-4-8-19-10-15)17-14(18)13-9-11-5-2-3-6-12(11)16-13/h11-13,16H,2-10H2,1H3,(H,17,18). The maximum Gasteiger partial charge on any atom is 0.237 e. The van der Waals surface area contributed by atoms with Crippen LogP contribution in [0.2, 0.25) is 0 Å². The molecule has 2 aliphatic heterocycles. The third-order valence-electron chi connectivity index (χ3n) is 5.04. The molecule has 0 aromatic carbocycles. The Morgan fingerprint density at radius 1 is 1.32 bits per heavy atom. The van der Waals surface area contributed by atoms with Gasteiger partial charge in [-0.3, -0.25) is 4.79 Å². The quantitative estimate of drug-likeness (QED) is 0.798. The molecule has 4 unspecified atom stereocenters. The van der Waals surface area contributed by atoms with E-state index in [0.717, 1.165) is 31.8 Å². The van der Waals surface area contributed by atoms with Crippen molar-refractivity contribution < 1.29 is 9.53 Å². The van der Waals surface area contributed by atoms with Gasteiger partial charge < -0.3 is 15.4 Å². The van der Waals surface area contributed by atoms with Gasteiger partial charge >= 0.3 is 0 Å². The van der Waals surface area contributed by atoms with Gasteiger partial charge in [0.05, 0.1) is 18.2 Å². The minimum Gasteiger partial charge on any atom is -0.379 e. The van der Waals surface area contributed by atoms with Crippen molar-refractivity contribution in [2.45, 2.75) is 69.5 Å². The lowest BCUT2D eigenvalue weighted by Gasteiger charge is -2.35. The van der Waals surface area contributed by atoms with Crippen molar-refractivity contribution >= 4 is 5.91 Å². The summed E-state index contributed by atoms with van der Waals surface area (Å²) in [6.45, 7) is 3.58. The van der Waals surface area contributed by atoms with Gasteiger partial charge in [0.25, 0.3) is 0 Å². The van der Waals surface area contributed by atoms with Crippen molar-refractivity contribution in [2.24, 2.45) is 5.92 Å². The average Bonchev–Trinajstić information content (AvgIpc) is 2.83. The summed E-state index contributed by atoms with van der Waals surface area (Å²) in [6, 6.07) is 0.603. The molecule has 2 saturated heterocycles. The van der Waals surface area contributed by atoms with E-state index in [9.17, 15) is 4.79 Å². The van der Waals surface area contributed by atoms with Gasteiger partial charge in [-0.25, -0.2) is 0 Å². The number of carbonyl (C=O) groups is 1. The second kappa shape index (κ2) is 5.41. The van der Waals surface area contributed by atoms with Gasteiger partial charge in [0.15, 0.2) is 0 Å². The summed E-state index contributed by atoms with van der Waals surface area (Å²) >= 11 is 0. The van der Waals surface area contributed by atoms with Crippen LogP contribution in [0.15, 0.2) is 0 Å². The molecule has 0 aromatic rings. The summed E-state index contributed by atoms with van der Waals surface area (Å²) < 4.78 is 5.51. The molecule has 4 atom stereocenters. The Kier molecular flexibility index (Phi) is 3.81. The number of carbonyl (C=O) groups excluding carboxylic acids is 1. The Hall–Kier alpha value is -0.610. The number of hydrogen-bond acceptors (Lipinski definition) is 3. The predicted molar refractivity (Wildman–Crippen MR) is 73.9 cm³/mol. The van der Waals surface area contributed by atoms with E-state index >= 15 is 0 Å². The smallest absolute Gasteiger partial charge is 0.237 e. The van der Waals surface area contributed by atoms with E-state index in [2.05, 4.69) is 17.6 Å². The van der Waals surface area contributed by atoms with E-state index in [4.69, 9.17) is 4.74 Å². The first kappa shape index (κ1) is 13.4. The molecule has 3 rings (SSSR count). The summed E-state index contributed by atoms with van der Waals surface area (Å²) in [6.07, 6.45) is 8.28. The lowest BCUT2D eigenvalue weighted by Crippen LogP contribution is -2.56. The molecule has 3 aliphatic rings. The van der Waals surface area contributed by atoms with Crippen LogP contribution >= 0.6 is 0 Å². The SMILES string of the molecule is CC1(NC(=O)C2CC3CCCCC3N2)CCCOC1. The maximum atomic E-state index is 12.4. The lowest BCUT2D eigenvalue weighted by molar-refractivity contribution is -0.126. The molecule has 1 amide bonds.